The molecule has 0 radical (unpaired) electrons. The second-order valence-corrected chi connectivity index (χ2v) is 4.20. The molecule has 0 spiro atoms. The first-order chi connectivity index (χ1) is 8.41. The third-order valence-corrected chi connectivity index (χ3v) is 2.68. The van der Waals surface area contributed by atoms with Crippen molar-refractivity contribution in [2.45, 2.75) is 6.92 Å². The predicted molar refractivity (Wildman–Crippen MR) is 74.7 cm³/mol. The smallest absolute Gasteiger partial charge is 0.269 e. The molecule has 0 fully saturated rings. The van der Waals surface area contributed by atoms with E-state index in [0.29, 0.717) is 10.8 Å². The lowest BCUT2D eigenvalue weighted by atomic mass is 10.1. The summed E-state index contributed by atoms with van der Waals surface area (Å²) in [6.07, 6.45) is 0. The highest BCUT2D eigenvalue weighted by atomic mass is 32.1. The van der Waals surface area contributed by atoms with E-state index in [1.165, 1.54) is 12.1 Å². The fourth-order valence-corrected chi connectivity index (χ4v) is 1.17. The molecule has 0 bridgehead atoms. The third-order valence-electron chi connectivity index (χ3n) is 2.22. The summed E-state index contributed by atoms with van der Waals surface area (Å²) in [5.74, 6) is 0. The Morgan fingerprint density at radius 2 is 1.94 bits per heavy atom. The summed E-state index contributed by atoms with van der Waals surface area (Å²) in [6, 6.07) is 6.19. The number of nitrogens with one attached hydrogen (secondary N) is 1. The number of non-ortho nitro benzene ring substituents is 1. The normalized spacial score (nSPS) is 10.9. The molecule has 0 aliphatic carbocycles. The average Bonchev–Trinajstić information content (AvgIpc) is 2.35. The van der Waals surface area contributed by atoms with Gasteiger partial charge in [0.25, 0.3) is 5.69 Å². The van der Waals surface area contributed by atoms with Gasteiger partial charge >= 0.3 is 0 Å². The minimum Gasteiger partial charge on any atom is -0.354 e. The Morgan fingerprint density at radius 3 is 2.39 bits per heavy atom. The molecule has 0 unspecified atom stereocenters. The summed E-state index contributed by atoms with van der Waals surface area (Å²) >= 11 is 5.02. The highest BCUT2D eigenvalue weighted by molar-refractivity contribution is 7.80. The van der Waals surface area contributed by atoms with Crippen LogP contribution in [-0.4, -0.2) is 34.7 Å². The first-order valence-corrected chi connectivity index (χ1v) is 5.59. The van der Waals surface area contributed by atoms with Crippen LogP contribution in [0.4, 0.5) is 5.69 Å². The van der Waals surface area contributed by atoms with Crippen molar-refractivity contribution < 1.29 is 4.92 Å². The summed E-state index contributed by atoms with van der Waals surface area (Å²) in [6.45, 7) is 1.80. The molecule has 7 heteroatoms. The molecule has 0 saturated carbocycles. The van der Waals surface area contributed by atoms with E-state index in [4.69, 9.17) is 12.2 Å². The van der Waals surface area contributed by atoms with Gasteiger partial charge in [-0.1, -0.05) is 0 Å². The number of nitro benzene ring substituents is 1. The molecule has 0 aliphatic heterocycles. The molecular weight excluding hydrogens is 252 g/mol. The number of benzene rings is 1. The van der Waals surface area contributed by atoms with Crippen molar-refractivity contribution in [1.82, 2.24) is 10.3 Å². The van der Waals surface area contributed by atoms with Gasteiger partial charge < -0.3 is 4.90 Å². The van der Waals surface area contributed by atoms with Crippen LogP contribution in [-0.2, 0) is 0 Å². The van der Waals surface area contributed by atoms with Crippen LogP contribution in [0.1, 0.15) is 12.5 Å². The molecule has 96 valence electrons. The van der Waals surface area contributed by atoms with Crippen LogP contribution in [0.15, 0.2) is 29.4 Å². The molecule has 0 amide bonds. The maximum absolute atomic E-state index is 10.5. The maximum Gasteiger partial charge on any atom is 0.269 e. The first kappa shape index (κ1) is 14.0. The Bertz CT molecular complexity index is 482. The van der Waals surface area contributed by atoms with Crippen molar-refractivity contribution in [3.8, 4) is 0 Å². The topological polar surface area (TPSA) is 70.8 Å². The zero-order valence-corrected chi connectivity index (χ0v) is 11.2. The van der Waals surface area contributed by atoms with Gasteiger partial charge in [-0.15, -0.1) is 0 Å². The fraction of sp³-hybridized carbons (Fsp3) is 0.273. The third kappa shape index (κ3) is 3.77. The SMILES string of the molecule is C/C(=N\NC(=S)N(C)C)c1ccc([N+](=O)[O-])cc1. The lowest BCUT2D eigenvalue weighted by Gasteiger charge is -2.12. The minimum atomic E-state index is -0.435. The van der Waals surface area contributed by atoms with Crippen molar-refractivity contribution in [3.05, 3.63) is 39.9 Å². The van der Waals surface area contributed by atoms with E-state index in [1.54, 1.807) is 24.0 Å². The van der Waals surface area contributed by atoms with Crippen LogP contribution in [0.25, 0.3) is 0 Å². The van der Waals surface area contributed by atoms with Gasteiger partial charge in [-0.05, 0) is 36.8 Å². The molecular formula is C11H14N4O2S. The van der Waals surface area contributed by atoms with Gasteiger partial charge in [0, 0.05) is 26.2 Å². The Kier molecular flexibility index (Phi) is 4.73. The van der Waals surface area contributed by atoms with E-state index in [-0.39, 0.29) is 5.69 Å². The van der Waals surface area contributed by atoms with Gasteiger partial charge in [0.05, 0.1) is 10.6 Å². The Balaban J connectivity index is 2.78. The van der Waals surface area contributed by atoms with E-state index in [0.717, 1.165) is 5.56 Å². The van der Waals surface area contributed by atoms with E-state index in [2.05, 4.69) is 10.5 Å². The van der Waals surface area contributed by atoms with Crippen LogP contribution >= 0.6 is 12.2 Å². The summed E-state index contributed by atoms with van der Waals surface area (Å²) in [4.78, 5) is 11.8. The van der Waals surface area contributed by atoms with Gasteiger partial charge in [0.15, 0.2) is 5.11 Å². The van der Waals surface area contributed by atoms with Crippen LogP contribution in [0.2, 0.25) is 0 Å². The molecule has 0 aliphatic rings. The summed E-state index contributed by atoms with van der Waals surface area (Å²) < 4.78 is 0. The zero-order valence-electron chi connectivity index (χ0n) is 10.4. The van der Waals surface area contributed by atoms with E-state index >= 15 is 0 Å². The maximum atomic E-state index is 10.5. The quantitative estimate of drug-likeness (QED) is 0.390. The molecule has 0 aromatic heterocycles. The minimum absolute atomic E-state index is 0.0586. The molecule has 1 N–H and O–H groups in total. The van der Waals surface area contributed by atoms with Gasteiger partial charge in [0.1, 0.15) is 0 Å². The van der Waals surface area contributed by atoms with Gasteiger partial charge in [-0.3, -0.25) is 15.5 Å². The number of hydrogen-bond acceptors (Lipinski definition) is 4. The number of rotatable bonds is 3. The number of nitro groups is 1. The van der Waals surface area contributed by atoms with Crippen LogP contribution in [0, 0.1) is 10.1 Å². The van der Waals surface area contributed by atoms with Gasteiger partial charge in [-0.2, -0.15) is 5.10 Å². The average molecular weight is 266 g/mol. The van der Waals surface area contributed by atoms with Crippen LogP contribution < -0.4 is 5.43 Å². The lowest BCUT2D eigenvalue weighted by Crippen LogP contribution is -2.31. The molecule has 0 atom stereocenters. The van der Waals surface area contributed by atoms with Crippen molar-refractivity contribution >= 4 is 28.7 Å². The highest BCUT2D eigenvalue weighted by Gasteiger charge is 2.05. The second-order valence-electron chi connectivity index (χ2n) is 3.81. The molecule has 1 aromatic carbocycles. The second kappa shape index (κ2) is 6.06. The van der Waals surface area contributed by atoms with Crippen molar-refractivity contribution in [1.29, 1.82) is 0 Å². The van der Waals surface area contributed by atoms with Gasteiger partial charge in [0.2, 0.25) is 0 Å². The zero-order chi connectivity index (χ0) is 13.7. The first-order valence-electron chi connectivity index (χ1n) is 5.18. The van der Waals surface area contributed by atoms with Crippen molar-refractivity contribution in [2.75, 3.05) is 14.1 Å². The van der Waals surface area contributed by atoms with E-state index in [1.807, 2.05) is 14.1 Å². The molecule has 1 aromatic rings. The van der Waals surface area contributed by atoms with E-state index in [9.17, 15) is 10.1 Å². The lowest BCUT2D eigenvalue weighted by molar-refractivity contribution is -0.384. The number of thiocarbonyl (C=S) groups is 1. The van der Waals surface area contributed by atoms with Crippen LogP contribution in [0.5, 0.6) is 0 Å². The number of hydrazone groups is 1. The fourth-order valence-electron chi connectivity index (χ4n) is 1.12. The Labute approximate surface area is 110 Å². The van der Waals surface area contributed by atoms with Gasteiger partial charge in [-0.25, -0.2) is 0 Å². The molecule has 18 heavy (non-hydrogen) atoms. The monoisotopic (exact) mass is 266 g/mol. The van der Waals surface area contributed by atoms with Crippen molar-refractivity contribution in [2.24, 2.45) is 5.10 Å². The van der Waals surface area contributed by atoms with E-state index < -0.39 is 4.92 Å². The summed E-state index contributed by atoms with van der Waals surface area (Å²) in [5.41, 5.74) is 4.29. The standard InChI is InChI=1S/C11H14N4O2S/c1-8(12-13-11(18)14(2)3)9-4-6-10(7-5-9)15(16)17/h4-7H,1-3H3,(H,13,18)/b12-8+. The Hall–Kier alpha value is -2.02. The van der Waals surface area contributed by atoms with Crippen LogP contribution in [0.3, 0.4) is 0 Å². The number of hydrogen-bond donors (Lipinski definition) is 1. The highest BCUT2D eigenvalue weighted by Crippen LogP contribution is 2.12. The molecule has 1 rings (SSSR count). The molecule has 0 heterocycles. The summed E-state index contributed by atoms with van der Waals surface area (Å²) in [5, 5.41) is 15.1. The molecule has 0 saturated heterocycles. The summed E-state index contributed by atoms with van der Waals surface area (Å²) in [7, 11) is 3.62. The predicted octanol–water partition coefficient (Wildman–Crippen LogP) is 1.75. The molecule has 6 nitrogen and oxygen atoms in total. The number of nitrogens with zero attached hydrogens (tertiary/aromatic N) is 3. The Morgan fingerprint density at radius 1 is 1.39 bits per heavy atom. The largest absolute Gasteiger partial charge is 0.354 e. The van der Waals surface area contributed by atoms with Crippen molar-refractivity contribution in [3.63, 3.8) is 0 Å².